The van der Waals surface area contributed by atoms with Gasteiger partial charge in [0.05, 0.1) is 16.2 Å². The Kier molecular flexibility index (Phi) is 5.12. The largest absolute Gasteiger partial charge is 0.335 e. The van der Waals surface area contributed by atoms with Crippen LogP contribution < -0.4 is 10.2 Å². The van der Waals surface area contributed by atoms with E-state index < -0.39 is 22.8 Å². The third-order valence-electron chi connectivity index (χ3n) is 4.07. The highest BCUT2D eigenvalue weighted by Crippen LogP contribution is 2.22. The first-order chi connectivity index (χ1) is 13.4. The van der Waals surface area contributed by atoms with Gasteiger partial charge < -0.3 is 0 Å². The van der Waals surface area contributed by atoms with Crippen molar-refractivity contribution in [2.45, 2.75) is 6.92 Å². The number of rotatable bonds is 4. The van der Waals surface area contributed by atoms with E-state index in [4.69, 9.17) is 0 Å². The molecule has 0 atom stereocenters. The molecule has 1 aliphatic heterocycles. The highest BCUT2D eigenvalue weighted by atomic mass is 16.6. The Bertz CT molecular complexity index is 1040. The van der Waals surface area contributed by atoms with Crippen molar-refractivity contribution in [2.24, 2.45) is 0 Å². The SMILES string of the molecule is Cc1ccc(N2C(=O)NC(=O)/C(=C\C=C\c3ccccc3[N+](=O)[O-])C2=O)cc1. The van der Waals surface area contributed by atoms with Crippen LogP contribution in [-0.4, -0.2) is 22.8 Å². The molecule has 0 saturated carbocycles. The number of barbiturate groups is 1. The smallest absolute Gasteiger partial charge is 0.273 e. The lowest BCUT2D eigenvalue weighted by atomic mass is 10.1. The molecular formula is C20H15N3O5. The molecule has 0 unspecified atom stereocenters. The number of carbonyl (C=O) groups excluding carboxylic acids is 3. The zero-order chi connectivity index (χ0) is 20.3. The van der Waals surface area contributed by atoms with Crippen molar-refractivity contribution in [3.63, 3.8) is 0 Å². The Hall–Kier alpha value is -4.07. The predicted octanol–water partition coefficient (Wildman–Crippen LogP) is 3.13. The number of hydrogen-bond donors (Lipinski definition) is 1. The van der Waals surface area contributed by atoms with Gasteiger partial charge in [0.25, 0.3) is 17.5 Å². The second kappa shape index (κ2) is 7.67. The molecule has 140 valence electrons. The average molecular weight is 377 g/mol. The van der Waals surface area contributed by atoms with Crippen LogP contribution in [0.15, 0.2) is 66.3 Å². The van der Waals surface area contributed by atoms with Crippen LogP contribution in [-0.2, 0) is 9.59 Å². The van der Waals surface area contributed by atoms with Crippen LogP contribution in [0.1, 0.15) is 11.1 Å². The molecule has 2 aromatic carbocycles. The van der Waals surface area contributed by atoms with Crippen LogP contribution in [0.25, 0.3) is 6.08 Å². The minimum absolute atomic E-state index is 0.104. The summed E-state index contributed by atoms with van der Waals surface area (Å²) in [6, 6.07) is 11.9. The molecule has 4 amide bonds. The van der Waals surface area contributed by atoms with E-state index >= 15 is 0 Å². The third kappa shape index (κ3) is 3.70. The minimum Gasteiger partial charge on any atom is -0.273 e. The number of nitrogens with zero attached hydrogens (tertiary/aromatic N) is 2. The van der Waals surface area contributed by atoms with E-state index in [0.717, 1.165) is 10.5 Å². The average Bonchev–Trinajstić information content (AvgIpc) is 2.66. The lowest BCUT2D eigenvalue weighted by Crippen LogP contribution is -2.54. The first-order valence-corrected chi connectivity index (χ1v) is 8.26. The number of nitrogens with one attached hydrogen (secondary N) is 1. The van der Waals surface area contributed by atoms with E-state index in [0.29, 0.717) is 11.3 Å². The minimum atomic E-state index is -0.835. The molecule has 0 aromatic heterocycles. The fourth-order valence-corrected chi connectivity index (χ4v) is 2.65. The van der Waals surface area contributed by atoms with Gasteiger partial charge >= 0.3 is 6.03 Å². The maximum absolute atomic E-state index is 12.7. The van der Waals surface area contributed by atoms with Crippen LogP contribution in [0.2, 0.25) is 0 Å². The zero-order valence-corrected chi connectivity index (χ0v) is 14.8. The van der Waals surface area contributed by atoms with Gasteiger partial charge in [-0.05, 0) is 37.3 Å². The van der Waals surface area contributed by atoms with Gasteiger partial charge in [-0.1, -0.05) is 35.9 Å². The van der Waals surface area contributed by atoms with E-state index in [2.05, 4.69) is 5.32 Å². The van der Waals surface area contributed by atoms with Gasteiger partial charge in [0, 0.05) is 6.07 Å². The van der Waals surface area contributed by atoms with Gasteiger partial charge in [0.15, 0.2) is 0 Å². The molecule has 1 saturated heterocycles. The molecule has 1 N–H and O–H groups in total. The summed E-state index contributed by atoms with van der Waals surface area (Å²) >= 11 is 0. The number of imide groups is 2. The van der Waals surface area contributed by atoms with Crippen LogP contribution in [0, 0.1) is 17.0 Å². The fourth-order valence-electron chi connectivity index (χ4n) is 2.65. The summed E-state index contributed by atoms with van der Waals surface area (Å²) in [6.45, 7) is 1.87. The number of nitro benzene ring substituents is 1. The van der Waals surface area contributed by atoms with E-state index in [1.807, 2.05) is 6.92 Å². The Labute approximate surface area is 159 Å². The molecule has 3 rings (SSSR count). The second-order valence-electron chi connectivity index (χ2n) is 5.99. The topological polar surface area (TPSA) is 110 Å². The number of allylic oxidation sites excluding steroid dienone is 2. The number of nitro groups is 1. The molecular weight excluding hydrogens is 362 g/mol. The van der Waals surface area contributed by atoms with Crippen LogP contribution in [0.4, 0.5) is 16.2 Å². The quantitative estimate of drug-likeness (QED) is 0.381. The number of aryl methyl sites for hydroxylation is 1. The zero-order valence-electron chi connectivity index (χ0n) is 14.8. The number of benzene rings is 2. The molecule has 0 radical (unpaired) electrons. The number of carbonyl (C=O) groups is 3. The normalized spacial score (nSPS) is 16.0. The van der Waals surface area contributed by atoms with Crippen LogP contribution in [0.3, 0.4) is 0 Å². The van der Waals surface area contributed by atoms with Gasteiger partial charge in [-0.15, -0.1) is 0 Å². The van der Waals surface area contributed by atoms with Gasteiger partial charge in [0.2, 0.25) is 0 Å². The van der Waals surface area contributed by atoms with Crippen molar-refractivity contribution in [3.05, 3.63) is 87.5 Å². The fraction of sp³-hybridized carbons (Fsp3) is 0.0500. The highest BCUT2D eigenvalue weighted by molar-refractivity contribution is 6.37. The number of urea groups is 1. The molecule has 0 bridgehead atoms. The van der Waals surface area contributed by atoms with E-state index in [-0.39, 0.29) is 11.3 Å². The van der Waals surface area contributed by atoms with Crippen LogP contribution >= 0.6 is 0 Å². The van der Waals surface area contributed by atoms with Crippen molar-refractivity contribution in [1.82, 2.24) is 5.32 Å². The number of hydrogen-bond acceptors (Lipinski definition) is 5. The Morgan fingerprint density at radius 2 is 1.71 bits per heavy atom. The maximum Gasteiger partial charge on any atom is 0.335 e. The predicted molar refractivity (Wildman–Crippen MR) is 102 cm³/mol. The lowest BCUT2D eigenvalue weighted by molar-refractivity contribution is -0.385. The molecule has 0 aliphatic carbocycles. The lowest BCUT2D eigenvalue weighted by Gasteiger charge is -2.26. The Morgan fingerprint density at radius 3 is 2.39 bits per heavy atom. The van der Waals surface area contributed by atoms with Crippen molar-refractivity contribution in [3.8, 4) is 0 Å². The molecule has 1 aliphatic rings. The van der Waals surface area contributed by atoms with E-state index in [9.17, 15) is 24.5 Å². The third-order valence-corrected chi connectivity index (χ3v) is 4.07. The summed E-state index contributed by atoms with van der Waals surface area (Å²) in [5, 5.41) is 13.2. The Morgan fingerprint density at radius 1 is 1.04 bits per heavy atom. The van der Waals surface area contributed by atoms with Gasteiger partial charge in [-0.2, -0.15) is 0 Å². The molecule has 28 heavy (non-hydrogen) atoms. The second-order valence-corrected chi connectivity index (χ2v) is 5.99. The Balaban J connectivity index is 1.91. The van der Waals surface area contributed by atoms with E-state index in [1.54, 1.807) is 30.3 Å². The van der Waals surface area contributed by atoms with Gasteiger partial charge in [-0.3, -0.25) is 25.0 Å². The summed E-state index contributed by atoms with van der Waals surface area (Å²) in [4.78, 5) is 48.3. The first kappa shape index (κ1) is 18.7. The molecule has 8 nitrogen and oxygen atoms in total. The number of anilines is 1. The van der Waals surface area contributed by atoms with Gasteiger partial charge in [-0.25, -0.2) is 9.69 Å². The van der Waals surface area contributed by atoms with Gasteiger partial charge in [0.1, 0.15) is 5.57 Å². The van der Waals surface area contributed by atoms with Crippen molar-refractivity contribution >= 4 is 35.3 Å². The molecule has 8 heteroatoms. The van der Waals surface area contributed by atoms with Crippen molar-refractivity contribution in [1.29, 1.82) is 0 Å². The summed E-state index contributed by atoms with van der Waals surface area (Å²) in [5.41, 5.74) is 1.24. The molecule has 2 aromatic rings. The number of para-hydroxylation sites is 1. The summed E-state index contributed by atoms with van der Waals surface area (Å²) in [7, 11) is 0. The summed E-state index contributed by atoms with van der Waals surface area (Å²) < 4.78 is 0. The molecule has 0 spiro atoms. The van der Waals surface area contributed by atoms with Crippen LogP contribution in [0.5, 0.6) is 0 Å². The van der Waals surface area contributed by atoms with E-state index in [1.165, 1.54) is 36.4 Å². The standard InChI is InChI=1S/C20H15N3O5/c1-13-9-11-15(12-10-13)22-19(25)16(18(24)21-20(22)26)7-4-6-14-5-2-3-8-17(14)23(27)28/h2-12H,1H3,(H,21,24,26)/b6-4+,16-7+. The molecule has 1 heterocycles. The monoisotopic (exact) mass is 377 g/mol. The first-order valence-electron chi connectivity index (χ1n) is 8.26. The molecule has 1 fully saturated rings. The van der Waals surface area contributed by atoms with Crippen molar-refractivity contribution < 1.29 is 19.3 Å². The number of amides is 4. The summed E-state index contributed by atoms with van der Waals surface area (Å²) in [5.74, 6) is -1.60. The highest BCUT2D eigenvalue weighted by Gasteiger charge is 2.36. The van der Waals surface area contributed by atoms with Crippen molar-refractivity contribution in [2.75, 3.05) is 4.90 Å². The maximum atomic E-state index is 12.7. The summed E-state index contributed by atoms with van der Waals surface area (Å²) in [6.07, 6.45) is 4.00.